The quantitative estimate of drug-likeness (QED) is 0.265. The maximum atomic E-state index is 12.4. The number of halogens is 4. The standard InChI is InChI=1S/C20H12Cl4N2O4/c1-29-13-5-3-2-4-12(13)19(27)25-10-6-8-11(9-7-10)30-20(28)17-15(22)14(21)16(23)18(24)26-17/h2-9H,1H3,(H,25,27). The highest BCUT2D eigenvalue weighted by Gasteiger charge is 2.22. The van der Waals surface area contributed by atoms with Crippen molar-refractivity contribution in [1.82, 2.24) is 4.98 Å². The SMILES string of the molecule is COc1ccccc1C(=O)Nc1ccc(OC(=O)c2nc(Cl)c(Cl)c(Cl)c2Cl)cc1. The number of hydrogen-bond donors (Lipinski definition) is 1. The maximum absolute atomic E-state index is 12.4. The van der Waals surface area contributed by atoms with Crippen LogP contribution in [-0.2, 0) is 0 Å². The second-order valence-corrected chi connectivity index (χ2v) is 7.25. The minimum absolute atomic E-state index is 0.0602. The van der Waals surface area contributed by atoms with Crippen molar-refractivity contribution in [3.05, 3.63) is 80.0 Å². The fraction of sp³-hybridized carbons (Fsp3) is 0.0500. The van der Waals surface area contributed by atoms with E-state index in [1.165, 1.54) is 19.2 Å². The maximum Gasteiger partial charge on any atom is 0.364 e. The number of pyridine rings is 1. The molecular formula is C20H12Cl4N2O4. The van der Waals surface area contributed by atoms with E-state index < -0.39 is 5.97 Å². The summed E-state index contributed by atoms with van der Waals surface area (Å²) in [5.41, 5.74) is 0.594. The lowest BCUT2D eigenvalue weighted by molar-refractivity contribution is 0.0728. The number of benzene rings is 2. The molecule has 0 aliphatic rings. The second kappa shape index (κ2) is 9.53. The molecule has 10 heteroatoms. The molecule has 0 fully saturated rings. The van der Waals surface area contributed by atoms with Crippen LogP contribution in [0.1, 0.15) is 20.8 Å². The number of esters is 1. The number of carbonyl (C=O) groups is 2. The summed E-state index contributed by atoms with van der Waals surface area (Å²) in [6.45, 7) is 0. The Kier molecular flexibility index (Phi) is 7.05. The minimum atomic E-state index is -0.869. The van der Waals surface area contributed by atoms with Gasteiger partial charge >= 0.3 is 5.97 Å². The molecule has 0 radical (unpaired) electrons. The predicted molar refractivity (Wildman–Crippen MR) is 117 cm³/mol. The number of para-hydroxylation sites is 1. The minimum Gasteiger partial charge on any atom is -0.496 e. The van der Waals surface area contributed by atoms with E-state index in [1.807, 2.05) is 0 Å². The van der Waals surface area contributed by atoms with Gasteiger partial charge in [0.1, 0.15) is 16.7 Å². The molecule has 1 N–H and O–H groups in total. The molecule has 0 unspecified atom stereocenters. The van der Waals surface area contributed by atoms with Crippen LogP contribution in [0.3, 0.4) is 0 Å². The van der Waals surface area contributed by atoms with Crippen molar-refractivity contribution >= 4 is 64.0 Å². The highest BCUT2D eigenvalue weighted by molar-refractivity contribution is 6.52. The molecule has 0 aliphatic heterocycles. The van der Waals surface area contributed by atoms with Gasteiger partial charge in [0.2, 0.25) is 0 Å². The smallest absolute Gasteiger partial charge is 0.364 e. The van der Waals surface area contributed by atoms with Crippen LogP contribution in [0.2, 0.25) is 20.2 Å². The average molecular weight is 486 g/mol. The Balaban J connectivity index is 1.72. The zero-order chi connectivity index (χ0) is 21.8. The van der Waals surface area contributed by atoms with Crippen molar-refractivity contribution in [3.8, 4) is 11.5 Å². The zero-order valence-corrected chi connectivity index (χ0v) is 18.2. The molecule has 3 aromatic rings. The van der Waals surface area contributed by atoms with Crippen molar-refractivity contribution in [1.29, 1.82) is 0 Å². The number of methoxy groups -OCH3 is 1. The van der Waals surface area contributed by atoms with Gasteiger partial charge in [0, 0.05) is 5.69 Å². The molecule has 0 saturated heterocycles. The second-order valence-electron chi connectivity index (χ2n) is 5.76. The van der Waals surface area contributed by atoms with Crippen LogP contribution in [0, 0.1) is 0 Å². The first kappa shape index (κ1) is 22.2. The van der Waals surface area contributed by atoms with E-state index in [2.05, 4.69) is 10.3 Å². The van der Waals surface area contributed by atoms with Gasteiger partial charge in [-0.1, -0.05) is 58.5 Å². The van der Waals surface area contributed by atoms with Gasteiger partial charge in [0.05, 0.1) is 27.7 Å². The van der Waals surface area contributed by atoms with E-state index >= 15 is 0 Å². The third-order valence-corrected chi connectivity index (χ3v) is 5.53. The number of nitrogens with one attached hydrogen (secondary N) is 1. The Bertz CT molecular complexity index is 1120. The summed E-state index contributed by atoms with van der Waals surface area (Å²) in [5.74, 6) is -0.578. The first-order valence-corrected chi connectivity index (χ1v) is 9.79. The third-order valence-electron chi connectivity index (χ3n) is 3.85. The average Bonchev–Trinajstić information content (AvgIpc) is 2.75. The van der Waals surface area contributed by atoms with E-state index in [9.17, 15) is 9.59 Å². The van der Waals surface area contributed by atoms with E-state index in [4.69, 9.17) is 55.9 Å². The molecule has 154 valence electrons. The molecule has 0 aliphatic carbocycles. The van der Waals surface area contributed by atoms with E-state index in [0.717, 1.165) is 0 Å². The molecular weight excluding hydrogens is 474 g/mol. The lowest BCUT2D eigenvalue weighted by atomic mass is 10.2. The number of nitrogens with zero attached hydrogens (tertiary/aromatic N) is 1. The number of rotatable bonds is 5. The van der Waals surface area contributed by atoms with Crippen LogP contribution in [-0.4, -0.2) is 24.0 Å². The molecule has 0 atom stereocenters. The molecule has 1 amide bonds. The molecule has 30 heavy (non-hydrogen) atoms. The summed E-state index contributed by atoms with van der Waals surface area (Å²) in [7, 11) is 1.48. The van der Waals surface area contributed by atoms with Crippen molar-refractivity contribution in [2.45, 2.75) is 0 Å². The number of hydrogen-bond acceptors (Lipinski definition) is 5. The lowest BCUT2D eigenvalue weighted by Crippen LogP contribution is -2.14. The summed E-state index contributed by atoms with van der Waals surface area (Å²) in [4.78, 5) is 28.6. The van der Waals surface area contributed by atoms with Crippen LogP contribution in [0.5, 0.6) is 11.5 Å². The van der Waals surface area contributed by atoms with Gasteiger partial charge in [-0.05, 0) is 36.4 Å². The molecule has 3 rings (SSSR count). The topological polar surface area (TPSA) is 77.5 Å². The predicted octanol–water partition coefficient (Wildman–Crippen LogP) is 6.18. The fourth-order valence-corrected chi connectivity index (χ4v) is 3.22. The summed E-state index contributed by atoms with van der Waals surface area (Å²) in [6, 6.07) is 12.9. The van der Waals surface area contributed by atoms with Crippen LogP contribution in [0.25, 0.3) is 0 Å². The zero-order valence-electron chi connectivity index (χ0n) is 15.2. The van der Waals surface area contributed by atoms with Crippen molar-refractivity contribution < 1.29 is 19.1 Å². The third kappa shape index (κ3) is 4.79. The van der Waals surface area contributed by atoms with Crippen molar-refractivity contribution in [3.63, 3.8) is 0 Å². The fourth-order valence-electron chi connectivity index (χ4n) is 2.41. The molecule has 6 nitrogen and oxygen atoms in total. The van der Waals surface area contributed by atoms with Crippen LogP contribution in [0.15, 0.2) is 48.5 Å². The molecule has 0 bridgehead atoms. The van der Waals surface area contributed by atoms with Gasteiger partial charge in [-0.3, -0.25) is 4.79 Å². The molecule has 0 saturated carbocycles. The normalized spacial score (nSPS) is 10.4. The van der Waals surface area contributed by atoms with Gasteiger partial charge in [-0.25, -0.2) is 9.78 Å². The van der Waals surface area contributed by atoms with Gasteiger partial charge in [0.15, 0.2) is 5.69 Å². The molecule has 0 spiro atoms. The largest absolute Gasteiger partial charge is 0.496 e. The Morgan fingerprint density at radius 3 is 2.23 bits per heavy atom. The molecule has 2 aromatic carbocycles. The highest BCUT2D eigenvalue weighted by Crippen LogP contribution is 2.36. The van der Waals surface area contributed by atoms with E-state index in [-0.39, 0.29) is 37.6 Å². The van der Waals surface area contributed by atoms with E-state index in [1.54, 1.807) is 36.4 Å². The van der Waals surface area contributed by atoms with Gasteiger partial charge in [-0.2, -0.15) is 0 Å². The number of aromatic nitrogens is 1. The van der Waals surface area contributed by atoms with Crippen LogP contribution >= 0.6 is 46.4 Å². The highest BCUT2D eigenvalue weighted by atomic mass is 35.5. The first-order chi connectivity index (χ1) is 14.3. The number of amides is 1. The first-order valence-electron chi connectivity index (χ1n) is 8.28. The van der Waals surface area contributed by atoms with Crippen LogP contribution < -0.4 is 14.8 Å². The van der Waals surface area contributed by atoms with Crippen LogP contribution in [0.4, 0.5) is 5.69 Å². The van der Waals surface area contributed by atoms with Gasteiger partial charge < -0.3 is 14.8 Å². The number of anilines is 1. The van der Waals surface area contributed by atoms with E-state index in [0.29, 0.717) is 17.0 Å². The van der Waals surface area contributed by atoms with Crippen molar-refractivity contribution in [2.75, 3.05) is 12.4 Å². The Morgan fingerprint density at radius 2 is 1.57 bits per heavy atom. The summed E-state index contributed by atoms with van der Waals surface area (Å²) >= 11 is 23.6. The molecule has 1 heterocycles. The van der Waals surface area contributed by atoms with Crippen molar-refractivity contribution in [2.24, 2.45) is 0 Å². The summed E-state index contributed by atoms with van der Waals surface area (Å²) in [6.07, 6.45) is 0. The Labute approximate surface area is 191 Å². The van der Waals surface area contributed by atoms with Gasteiger partial charge in [-0.15, -0.1) is 0 Å². The Morgan fingerprint density at radius 1 is 0.900 bits per heavy atom. The van der Waals surface area contributed by atoms with Gasteiger partial charge in [0.25, 0.3) is 5.91 Å². The number of carbonyl (C=O) groups excluding carboxylic acids is 2. The Hall–Kier alpha value is -2.51. The molecule has 1 aromatic heterocycles. The summed E-state index contributed by atoms with van der Waals surface area (Å²) < 4.78 is 10.4. The summed E-state index contributed by atoms with van der Waals surface area (Å²) in [5, 5.41) is 2.23. The number of ether oxygens (including phenoxy) is 2. The lowest BCUT2D eigenvalue weighted by Gasteiger charge is -2.10. The monoisotopic (exact) mass is 484 g/mol.